The summed E-state index contributed by atoms with van der Waals surface area (Å²) in [6.07, 6.45) is 2.15. The van der Waals surface area contributed by atoms with Crippen molar-refractivity contribution in [2.24, 2.45) is 7.05 Å². The van der Waals surface area contributed by atoms with Gasteiger partial charge in [0, 0.05) is 25.9 Å². The van der Waals surface area contributed by atoms with Gasteiger partial charge in [0.2, 0.25) is 5.91 Å². The lowest BCUT2D eigenvalue weighted by Gasteiger charge is -2.15. The van der Waals surface area contributed by atoms with Crippen LogP contribution in [0, 0.1) is 0 Å². The van der Waals surface area contributed by atoms with Crippen LogP contribution in [-0.2, 0) is 18.4 Å². The number of hydrogen-bond donors (Lipinski definition) is 0. The van der Waals surface area contributed by atoms with Crippen LogP contribution in [0.4, 0.5) is 0 Å². The highest BCUT2D eigenvalue weighted by Crippen LogP contribution is 2.30. The van der Waals surface area contributed by atoms with Crippen LogP contribution < -0.4 is 0 Å². The number of imidazole rings is 1. The molecule has 0 N–H and O–H groups in total. The van der Waals surface area contributed by atoms with Crippen LogP contribution in [0.25, 0.3) is 11.0 Å². The number of aryl methyl sites for hydroxylation is 1. The molecule has 1 aliphatic heterocycles. The second kappa shape index (κ2) is 5.02. The van der Waals surface area contributed by atoms with Gasteiger partial charge in [-0.3, -0.25) is 4.79 Å². The van der Waals surface area contributed by atoms with Crippen molar-refractivity contribution in [2.75, 3.05) is 6.54 Å². The minimum Gasteiger partial charge on any atom is -0.467 e. The number of carbonyl (C=O) groups excluding carboxylic acids is 1. The number of aromatic nitrogens is 2. The summed E-state index contributed by atoms with van der Waals surface area (Å²) in [5.74, 6) is 2.10. The van der Waals surface area contributed by atoms with Crippen molar-refractivity contribution in [1.29, 1.82) is 0 Å². The number of likely N-dealkylation sites (tertiary alicyclic amines) is 1. The first kappa shape index (κ1) is 13.1. The molecule has 22 heavy (non-hydrogen) atoms. The molecule has 4 rings (SSSR count). The predicted molar refractivity (Wildman–Crippen MR) is 82.2 cm³/mol. The number of para-hydroxylation sites is 2. The van der Waals surface area contributed by atoms with Crippen molar-refractivity contribution in [1.82, 2.24) is 14.5 Å². The zero-order valence-electron chi connectivity index (χ0n) is 12.4. The van der Waals surface area contributed by atoms with Gasteiger partial charge < -0.3 is 13.9 Å². The van der Waals surface area contributed by atoms with Crippen molar-refractivity contribution in [3.05, 3.63) is 54.2 Å². The summed E-state index contributed by atoms with van der Waals surface area (Å²) < 4.78 is 7.44. The molecule has 0 saturated carbocycles. The minimum atomic E-state index is 0.139. The Morgan fingerprint density at radius 2 is 2.14 bits per heavy atom. The van der Waals surface area contributed by atoms with E-state index in [1.54, 1.807) is 6.26 Å². The lowest BCUT2D eigenvalue weighted by atomic mass is 10.1. The van der Waals surface area contributed by atoms with E-state index in [0.717, 1.165) is 22.6 Å². The molecule has 112 valence electrons. The fourth-order valence-corrected chi connectivity index (χ4v) is 3.22. The Hall–Kier alpha value is -2.56. The van der Waals surface area contributed by atoms with Gasteiger partial charge in [-0.2, -0.15) is 0 Å². The van der Waals surface area contributed by atoms with Crippen molar-refractivity contribution >= 4 is 16.9 Å². The molecule has 5 heteroatoms. The molecule has 1 aromatic carbocycles. The van der Waals surface area contributed by atoms with E-state index in [1.165, 1.54) is 0 Å². The largest absolute Gasteiger partial charge is 0.467 e. The normalized spacial score (nSPS) is 18.5. The van der Waals surface area contributed by atoms with Gasteiger partial charge in [0.05, 0.1) is 23.8 Å². The van der Waals surface area contributed by atoms with E-state index in [-0.39, 0.29) is 11.8 Å². The first-order valence-corrected chi connectivity index (χ1v) is 7.44. The van der Waals surface area contributed by atoms with Gasteiger partial charge in [0.15, 0.2) is 0 Å². The average Bonchev–Trinajstić information content (AvgIpc) is 3.22. The van der Waals surface area contributed by atoms with E-state index in [1.807, 2.05) is 42.3 Å². The van der Waals surface area contributed by atoms with E-state index in [2.05, 4.69) is 10.6 Å². The van der Waals surface area contributed by atoms with E-state index >= 15 is 0 Å². The number of fused-ring (bicyclic) bond motifs is 1. The summed E-state index contributed by atoms with van der Waals surface area (Å²) >= 11 is 0. The van der Waals surface area contributed by atoms with E-state index < -0.39 is 0 Å². The SMILES string of the molecule is Cn1c(C2CC(=O)N(Cc3ccco3)C2)nc2ccccc21. The zero-order chi connectivity index (χ0) is 15.1. The molecule has 3 aromatic rings. The monoisotopic (exact) mass is 295 g/mol. The van der Waals surface area contributed by atoms with Crippen LogP contribution in [0.1, 0.15) is 23.9 Å². The molecule has 0 radical (unpaired) electrons. The molecule has 0 spiro atoms. The maximum atomic E-state index is 12.3. The maximum absolute atomic E-state index is 12.3. The smallest absolute Gasteiger partial charge is 0.223 e. The molecule has 0 bridgehead atoms. The van der Waals surface area contributed by atoms with Crippen LogP contribution in [0.3, 0.4) is 0 Å². The van der Waals surface area contributed by atoms with Crippen LogP contribution in [0.2, 0.25) is 0 Å². The minimum absolute atomic E-state index is 0.139. The van der Waals surface area contributed by atoms with Crippen molar-refractivity contribution in [3.8, 4) is 0 Å². The van der Waals surface area contributed by atoms with Gasteiger partial charge in [-0.05, 0) is 24.3 Å². The predicted octanol–water partition coefficient (Wildman–Crippen LogP) is 2.68. The molecule has 0 aliphatic carbocycles. The molecule has 1 atom stereocenters. The number of hydrogen-bond acceptors (Lipinski definition) is 3. The van der Waals surface area contributed by atoms with Crippen molar-refractivity contribution in [2.45, 2.75) is 18.9 Å². The summed E-state index contributed by atoms with van der Waals surface area (Å²) in [5, 5.41) is 0. The first-order valence-electron chi connectivity index (χ1n) is 7.44. The standard InChI is InChI=1S/C17H17N3O2/c1-19-15-7-3-2-6-14(15)18-17(19)12-9-16(21)20(10-12)11-13-5-4-8-22-13/h2-8,12H,9-11H2,1H3. The molecule has 1 amide bonds. The van der Waals surface area contributed by atoms with Crippen LogP contribution in [0.15, 0.2) is 47.1 Å². The number of furan rings is 1. The Bertz CT molecular complexity index is 820. The Balaban J connectivity index is 1.60. The molecule has 1 unspecified atom stereocenters. The first-order chi connectivity index (χ1) is 10.7. The van der Waals surface area contributed by atoms with E-state index in [4.69, 9.17) is 9.40 Å². The molecule has 1 saturated heterocycles. The molecule has 2 aromatic heterocycles. The average molecular weight is 295 g/mol. The van der Waals surface area contributed by atoms with Gasteiger partial charge >= 0.3 is 0 Å². The van der Waals surface area contributed by atoms with Crippen LogP contribution in [-0.4, -0.2) is 26.9 Å². The molecule has 3 heterocycles. The molecule has 1 fully saturated rings. The highest BCUT2D eigenvalue weighted by atomic mass is 16.3. The van der Waals surface area contributed by atoms with Crippen molar-refractivity contribution < 1.29 is 9.21 Å². The number of amides is 1. The number of benzene rings is 1. The summed E-state index contributed by atoms with van der Waals surface area (Å²) in [5.41, 5.74) is 2.09. The quantitative estimate of drug-likeness (QED) is 0.746. The van der Waals surface area contributed by atoms with Crippen LogP contribution >= 0.6 is 0 Å². The Kier molecular flexibility index (Phi) is 2.99. The van der Waals surface area contributed by atoms with E-state index in [0.29, 0.717) is 19.5 Å². The van der Waals surface area contributed by atoms with E-state index in [9.17, 15) is 4.79 Å². The molecular weight excluding hydrogens is 278 g/mol. The molecule has 5 nitrogen and oxygen atoms in total. The van der Waals surface area contributed by atoms with Gasteiger partial charge in [-0.15, -0.1) is 0 Å². The number of nitrogens with zero attached hydrogens (tertiary/aromatic N) is 3. The molecular formula is C17H17N3O2. The lowest BCUT2D eigenvalue weighted by Crippen LogP contribution is -2.24. The second-order valence-electron chi connectivity index (χ2n) is 5.77. The third kappa shape index (κ3) is 2.09. The summed E-state index contributed by atoms with van der Waals surface area (Å²) in [6.45, 7) is 1.23. The van der Waals surface area contributed by atoms with Gasteiger partial charge in [0.1, 0.15) is 11.6 Å². The van der Waals surface area contributed by atoms with Crippen LogP contribution in [0.5, 0.6) is 0 Å². The Labute approximate surface area is 128 Å². The maximum Gasteiger partial charge on any atom is 0.223 e. The summed E-state index contributed by atoms with van der Waals surface area (Å²) in [6, 6.07) is 11.8. The zero-order valence-corrected chi connectivity index (χ0v) is 12.4. The third-order valence-electron chi connectivity index (χ3n) is 4.33. The summed E-state index contributed by atoms with van der Waals surface area (Å²) in [4.78, 5) is 18.8. The van der Waals surface area contributed by atoms with Gasteiger partial charge in [-0.25, -0.2) is 4.98 Å². The number of rotatable bonds is 3. The van der Waals surface area contributed by atoms with Crippen molar-refractivity contribution in [3.63, 3.8) is 0 Å². The fourth-order valence-electron chi connectivity index (χ4n) is 3.22. The third-order valence-corrected chi connectivity index (χ3v) is 4.33. The Morgan fingerprint density at radius 1 is 1.27 bits per heavy atom. The highest BCUT2D eigenvalue weighted by molar-refractivity contribution is 5.80. The fraction of sp³-hybridized carbons (Fsp3) is 0.294. The Morgan fingerprint density at radius 3 is 2.91 bits per heavy atom. The topological polar surface area (TPSA) is 51.3 Å². The number of carbonyl (C=O) groups is 1. The van der Waals surface area contributed by atoms with Gasteiger partial charge in [0.25, 0.3) is 0 Å². The summed E-state index contributed by atoms with van der Waals surface area (Å²) in [7, 11) is 2.02. The second-order valence-corrected chi connectivity index (χ2v) is 5.77. The molecule has 1 aliphatic rings. The highest BCUT2D eigenvalue weighted by Gasteiger charge is 2.33. The van der Waals surface area contributed by atoms with Gasteiger partial charge in [-0.1, -0.05) is 12.1 Å². The lowest BCUT2D eigenvalue weighted by molar-refractivity contribution is -0.128.